The van der Waals surface area contributed by atoms with Crippen LogP contribution in [0.3, 0.4) is 0 Å². The average molecular weight is 638 g/mol. The Morgan fingerprint density at radius 2 is 1.91 bits per heavy atom. The van der Waals surface area contributed by atoms with Crippen LogP contribution in [-0.4, -0.2) is 76.6 Å². The van der Waals surface area contributed by atoms with Gasteiger partial charge in [0.05, 0.1) is 10.6 Å². The topological polar surface area (TPSA) is 73.8 Å². The van der Waals surface area contributed by atoms with Crippen molar-refractivity contribution in [1.82, 2.24) is 20.2 Å². The molecule has 4 fully saturated rings. The van der Waals surface area contributed by atoms with Gasteiger partial charge in [-0.15, -0.1) is 0 Å². The fraction of sp³-hybridized carbons (Fsp3) is 0.471. The summed E-state index contributed by atoms with van der Waals surface area (Å²) in [7, 11) is 0. The Hall–Kier alpha value is -3.34. The number of rotatable bonds is 6. The molecule has 0 unspecified atom stereocenters. The van der Waals surface area contributed by atoms with E-state index in [9.17, 15) is 9.50 Å². The predicted molar refractivity (Wildman–Crippen MR) is 169 cm³/mol. The number of hydrogen-bond donors (Lipinski definition) is 2. The third-order valence-electron chi connectivity index (χ3n) is 10.4. The summed E-state index contributed by atoms with van der Waals surface area (Å²) in [4.78, 5) is 13.7. The summed E-state index contributed by atoms with van der Waals surface area (Å²) in [6.07, 6.45) is 3.75. The molecule has 4 atom stereocenters. The quantitative estimate of drug-likeness (QED) is 0.249. The van der Waals surface area contributed by atoms with Crippen molar-refractivity contribution in [2.24, 2.45) is 0 Å². The predicted octanol–water partition coefficient (Wildman–Crippen LogP) is 6.55. The number of alkyl halides is 1. The maximum absolute atomic E-state index is 17.0. The van der Waals surface area contributed by atoms with E-state index in [4.69, 9.17) is 21.3 Å². The summed E-state index contributed by atoms with van der Waals surface area (Å²) < 4.78 is 52.8. The Kier molecular flexibility index (Phi) is 7.03. The van der Waals surface area contributed by atoms with Gasteiger partial charge in [0.25, 0.3) is 0 Å². The van der Waals surface area contributed by atoms with E-state index in [1.165, 1.54) is 18.2 Å². The third-order valence-corrected chi connectivity index (χ3v) is 10.7. The Morgan fingerprint density at radius 3 is 2.69 bits per heavy atom. The van der Waals surface area contributed by atoms with Gasteiger partial charge in [-0.3, -0.25) is 4.90 Å². The van der Waals surface area contributed by atoms with Crippen molar-refractivity contribution in [2.75, 3.05) is 37.7 Å². The van der Waals surface area contributed by atoms with Crippen LogP contribution >= 0.6 is 11.6 Å². The lowest BCUT2D eigenvalue weighted by molar-refractivity contribution is 0.107. The molecule has 1 aromatic heterocycles. The number of ether oxygens (including phenoxy) is 1. The number of aromatic hydroxyl groups is 1. The number of phenolic OH excluding ortho intramolecular Hbond substituents is 1. The van der Waals surface area contributed by atoms with Crippen LogP contribution in [-0.2, 0) is 6.42 Å². The number of hydrogen-bond acceptors (Lipinski definition) is 7. The molecule has 4 aliphatic heterocycles. The normalized spacial score (nSPS) is 26.3. The van der Waals surface area contributed by atoms with Gasteiger partial charge in [0.2, 0.25) is 0 Å². The second-order valence-corrected chi connectivity index (χ2v) is 13.6. The lowest BCUT2D eigenvalue weighted by atomic mass is 9.92. The summed E-state index contributed by atoms with van der Waals surface area (Å²) in [6.45, 7) is 4.65. The van der Waals surface area contributed by atoms with Crippen molar-refractivity contribution < 1.29 is 23.0 Å². The summed E-state index contributed by atoms with van der Waals surface area (Å²) in [5, 5.41) is 15.9. The maximum atomic E-state index is 17.0. The van der Waals surface area contributed by atoms with Gasteiger partial charge < -0.3 is 20.1 Å². The fourth-order valence-electron chi connectivity index (χ4n) is 8.37. The molecule has 236 valence electrons. The van der Waals surface area contributed by atoms with Gasteiger partial charge in [-0.05, 0) is 84.8 Å². The molecule has 0 spiro atoms. The molecule has 2 N–H and O–H groups in total. The van der Waals surface area contributed by atoms with Gasteiger partial charge in [0.1, 0.15) is 35.7 Å². The smallest absolute Gasteiger partial charge is 0.319 e. The minimum atomic E-state index is -0.907. The largest absolute Gasteiger partial charge is 0.508 e. The van der Waals surface area contributed by atoms with E-state index in [1.807, 2.05) is 6.92 Å². The summed E-state index contributed by atoms with van der Waals surface area (Å²) >= 11 is 6.90. The molecule has 4 aromatic rings. The third kappa shape index (κ3) is 4.79. The monoisotopic (exact) mass is 637 g/mol. The lowest BCUT2D eigenvalue weighted by Gasteiger charge is -2.34. The molecule has 0 amide bonds. The van der Waals surface area contributed by atoms with Crippen LogP contribution in [0.1, 0.15) is 44.6 Å². The molecule has 11 heteroatoms. The maximum Gasteiger partial charge on any atom is 0.319 e. The Morgan fingerprint density at radius 1 is 1.11 bits per heavy atom. The van der Waals surface area contributed by atoms with E-state index in [1.54, 1.807) is 12.1 Å². The van der Waals surface area contributed by atoms with Crippen molar-refractivity contribution in [1.29, 1.82) is 0 Å². The first kappa shape index (κ1) is 29.1. The van der Waals surface area contributed by atoms with Gasteiger partial charge >= 0.3 is 6.01 Å². The number of halogens is 4. The molecule has 0 saturated carbocycles. The lowest BCUT2D eigenvalue weighted by Crippen LogP contribution is -2.51. The van der Waals surface area contributed by atoms with Crippen LogP contribution < -0.4 is 15.0 Å². The van der Waals surface area contributed by atoms with Crippen molar-refractivity contribution in [3.63, 3.8) is 0 Å². The first-order valence-corrected chi connectivity index (χ1v) is 16.3. The van der Waals surface area contributed by atoms with E-state index in [0.29, 0.717) is 72.1 Å². The highest BCUT2D eigenvalue weighted by Crippen LogP contribution is 2.45. The number of fused-ring (bicyclic) bond motifs is 5. The minimum absolute atomic E-state index is 0.0259. The summed E-state index contributed by atoms with van der Waals surface area (Å²) in [5.74, 6) is -0.663. The number of anilines is 1. The van der Waals surface area contributed by atoms with Crippen LogP contribution in [0.2, 0.25) is 5.02 Å². The molecule has 3 aromatic carbocycles. The van der Waals surface area contributed by atoms with Crippen LogP contribution in [0, 0.1) is 11.6 Å². The zero-order valence-corrected chi connectivity index (χ0v) is 25.8. The van der Waals surface area contributed by atoms with Gasteiger partial charge in [-0.25, -0.2) is 13.2 Å². The van der Waals surface area contributed by atoms with E-state index in [2.05, 4.69) is 20.1 Å². The van der Waals surface area contributed by atoms with Crippen molar-refractivity contribution >= 4 is 39.1 Å². The summed E-state index contributed by atoms with van der Waals surface area (Å²) in [5.41, 5.74) is 0.329. The van der Waals surface area contributed by atoms with Crippen molar-refractivity contribution in [3.8, 4) is 22.9 Å². The second-order valence-electron chi connectivity index (χ2n) is 13.2. The molecular formula is C34H35ClF3N5O2. The Balaban J connectivity index is 1.30. The Labute approximate surface area is 264 Å². The number of aromatic nitrogens is 2. The molecule has 4 aliphatic rings. The van der Waals surface area contributed by atoms with Crippen LogP contribution in [0.25, 0.3) is 32.8 Å². The summed E-state index contributed by atoms with van der Waals surface area (Å²) in [6, 6.07) is 8.17. The number of nitrogens with zero attached hydrogens (tertiary/aromatic N) is 4. The fourth-order valence-corrected chi connectivity index (χ4v) is 8.67. The number of phenols is 1. The van der Waals surface area contributed by atoms with Gasteiger partial charge in [0.15, 0.2) is 5.82 Å². The molecule has 8 rings (SSSR count). The van der Waals surface area contributed by atoms with E-state index >= 15 is 8.78 Å². The van der Waals surface area contributed by atoms with Gasteiger partial charge in [0, 0.05) is 49.1 Å². The van der Waals surface area contributed by atoms with E-state index in [-0.39, 0.29) is 40.0 Å². The standard InChI is InChI=1S/C34H35ClF3N5O2/c1-2-23-27(37)7-4-18-10-22(44)11-24(28(18)23)29-26(35)12-25-31(30(29)38)40-33(41-32(25)42-15-20-5-6-21(16-42)39-20)45-17-34-8-3-9-43(34)14-19(36)13-34/h4,7,10-12,19-21,39,44H,2-3,5-6,8-9,13-17H2,1H3/t19-,20-,21+,34+/m1/s1. The van der Waals surface area contributed by atoms with Gasteiger partial charge in [-0.2, -0.15) is 9.97 Å². The highest BCUT2D eigenvalue weighted by molar-refractivity contribution is 6.35. The minimum Gasteiger partial charge on any atom is -0.508 e. The molecule has 2 bridgehead atoms. The molecular weight excluding hydrogens is 603 g/mol. The molecule has 4 saturated heterocycles. The number of nitrogens with one attached hydrogen (secondary N) is 1. The van der Waals surface area contributed by atoms with Crippen LogP contribution in [0.15, 0.2) is 30.3 Å². The molecule has 5 heterocycles. The number of piperazine rings is 1. The molecule has 7 nitrogen and oxygen atoms in total. The SMILES string of the molecule is CCc1c(F)ccc2cc(O)cc(-c3c(Cl)cc4c(N5C[C@H]6CC[C@@H](C5)N6)nc(OC[C@@]56CCCN5C[C@H](F)C6)nc4c3F)c12. The zero-order chi connectivity index (χ0) is 31.0. The zero-order valence-electron chi connectivity index (χ0n) is 25.1. The number of aryl methyl sites for hydroxylation is 1. The second kappa shape index (κ2) is 10.9. The number of benzene rings is 3. The van der Waals surface area contributed by atoms with E-state index < -0.39 is 23.3 Å². The van der Waals surface area contributed by atoms with Crippen LogP contribution in [0.4, 0.5) is 19.0 Å². The van der Waals surface area contributed by atoms with Crippen molar-refractivity contribution in [2.45, 2.75) is 69.2 Å². The van der Waals surface area contributed by atoms with E-state index in [0.717, 1.165) is 32.2 Å². The first-order chi connectivity index (χ1) is 21.7. The van der Waals surface area contributed by atoms with Crippen molar-refractivity contribution in [3.05, 3.63) is 52.6 Å². The average Bonchev–Trinajstić information content (AvgIpc) is 3.66. The van der Waals surface area contributed by atoms with Gasteiger partial charge in [-0.1, -0.05) is 24.6 Å². The molecule has 0 aliphatic carbocycles. The molecule has 0 radical (unpaired) electrons. The first-order valence-electron chi connectivity index (χ1n) is 15.9. The molecule has 45 heavy (non-hydrogen) atoms. The van der Waals surface area contributed by atoms with Crippen LogP contribution in [0.5, 0.6) is 11.8 Å². The highest BCUT2D eigenvalue weighted by atomic mass is 35.5. The Bertz CT molecular complexity index is 1830. The highest BCUT2D eigenvalue weighted by Gasteiger charge is 2.49.